The maximum absolute atomic E-state index is 12.9. The molecule has 6 nitrogen and oxygen atoms in total. The molecule has 174 valence electrons. The molecule has 1 aromatic rings. The molecule has 0 aliphatic heterocycles. The maximum atomic E-state index is 12.9. The van der Waals surface area contributed by atoms with E-state index in [0.29, 0.717) is 12.0 Å². The van der Waals surface area contributed by atoms with Gasteiger partial charge in [0.1, 0.15) is 22.2 Å². The Morgan fingerprint density at radius 1 is 1.10 bits per heavy atom. The average Bonchev–Trinajstić information content (AvgIpc) is 2.65. The van der Waals surface area contributed by atoms with Crippen molar-refractivity contribution < 1.29 is 23.4 Å². The number of allylic oxidation sites excluding steroid dienone is 4. The van der Waals surface area contributed by atoms with Gasteiger partial charge in [-0.2, -0.15) is 0 Å². The quantitative estimate of drug-likeness (QED) is 0.291. The van der Waals surface area contributed by atoms with Gasteiger partial charge in [-0.1, -0.05) is 43.1 Å². The Morgan fingerprint density at radius 2 is 1.77 bits per heavy atom. The number of hydrogen-bond donors (Lipinski definition) is 3. The van der Waals surface area contributed by atoms with Crippen molar-refractivity contribution in [2.75, 3.05) is 6.54 Å². The molecule has 0 aliphatic rings. The van der Waals surface area contributed by atoms with E-state index in [-0.39, 0.29) is 35.0 Å². The molecule has 0 saturated heterocycles. The summed E-state index contributed by atoms with van der Waals surface area (Å²) in [6.45, 7) is 9.03. The highest BCUT2D eigenvalue weighted by molar-refractivity contribution is 7.89. The van der Waals surface area contributed by atoms with E-state index in [9.17, 15) is 23.4 Å². The molecule has 0 spiro atoms. The fraction of sp³-hybridized carbons (Fsp3) is 0.542. The van der Waals surface area contributed by atoms with E-state index in [4.69, 9.17) is 0 Å². The second kappa shape index (κ2) is 12.7. The number of phenolic OH excluding ortho intramolecular Hbond substituents is 2. The van der Waals surface area contributed by atoms with Crippen LogP contribution in [0.5, 0.6) is 11.5 Å². The van der Waals surface area contributed by atoms with Gasteiger partial charge in [-0.05, 0) is 71.4 Å². The molecule has 0 bridgehead atoms. The van der Waals surface area contributed by atoms with Crippen LogP contribution in [0.15, 0.2) is 34.3 Å². The second-order valence-electron chi connectivity index (χ2n) is 8.27. The molecule has 31 heavy (non-hydrogen) atoms. The van der Waals surface area contributed by atoms with Crippen LogP contribution in [-0.2, 0) is 27.7 Å². The van der Waals surface area contributed by atoms with E-state index in [1.165, 1.54) is 18.6 Å². The molecule has 0 aromatic heterocycles. The van der Waals surface area contributed by atoms with E-state index < -0.39 is 15.8 Å². The fourth-order valence-corrected chi connectivity index (χ4v) is 4.64. The van der Waals surface area contributed by atoms with Gasteiger partial charge in [-0.3, -0.25) is 4.79 Å². The standard InChI is InChI=1S/C24H37NO5S/c1-6-7-8-12-20-15-22(27)21(14-13-18(4)11-9-10-17(2)3)23(28)24(20)31(29,30)25-16-19(5)26/h10,13,15,25,27-28H,6-9,11-12,14,16H2,1-5H3/b18-13+. The van der Waals surface area contributed by atoms with Crippen molar-refractivity contribution in [1.29, 1.82) is 0 Å². The molecule has 0 amide bonds. The normalized spacial score (nSPS) is 12.1. The minimum Gasteiger partial charge on any atom is -0.508 e. The van der Waals surface area contributed by atoms with E-state index >= 15 is 0 Å². The van der Waals surface area contributed by atoms with Gasteiger partial charge < -0.3 is 10.2 Å². The fourth-order valence-electron chi connectivity index (χ4n) is 3.22. The summed E-state index contributed by atoms with van der Waals surface area (Å²) in [6.07, 6.45) is 8.97. The lowest BCUT2D eigenvalue weighted by atomic mass is 10.00. The van der Waals surface area contributed by atoms with Gasteiger partial charge in [0.05, 0.1) is 6.54 Å². The molecule has 0 unspecified atom stereocenters. The highest BCUT2D eigenvalue weighted by atomic mass is 32.2. The van der Waals surface area contributed by atoms with Crippen molar-refractivity contribution in [3.05, 3.63) is 40.5 Å². The number of ketones is 1. The molecule has 3 N–H and O–H groups in total. The highest BCUT2D eigenvalue weighted by Crippen LogP contribution is 2.38. The zero-order chi connectivity index (χ0) is 23.6. The first kappa shape index (κ1) is 26.9. The van der Waals surface area contributed by atoms with Crippen LogP contribution in [0.3, 0.4) is 0 Å². The number of aryl methyl sites for hydroxylation is 1. The summed E-state index contributed by atoms with van der Waals surface area (Å²) >= 11 is 0. The van der Waals surface area contributed by atoms with Crippen molar-refractivity contribution >= 4 is 15.8 Å². The van der Waals surface area contributed by atoms with Crippen LogP contribution in [0.2, 0.25) is 0 Å². The first-order valence-electron chi connectivity index (χ1n) is 10.8. The lowest BCUT2D eigenvalue weighted by Crippen LogP contribution is -2.29. The Bertz CT molecular complexity index is 926. The number of Topliss-reactive ketones (excluding diaryl/α,β-unsaturated/α-hetero) is 1. The van der Waals surface area contributed by atoms with Crippen LogP contribution >= 0.6 is 0 Å². The number of benzene rings is 1. The van der Waals surface area contributed by atoms with Crippen LogP contribution < -0.4 is 4.72 Å². The summed E-state index contributed by atoms with van der Waals surface area (Å²) in [4.78, 5) is 11.0. The zero-order valence-corrected chi connectivity index (χ0v) is 20.2. The highest BCUT2D eigenvalue weighted by Gasteiger charge is 2.27. The number of aromatic hydroxyl groups is 2. The third-order valence-corrected chi connectivity index (χ3v) is 6.51. The summed E-state index contributed by atoms with van der Waals surface area (Å²) in [5.41, 5.74) is 2.86. The van der Waals surface area contributed by atoms with Crippen LogP contribution in [0.25, 0.3) is 0 Å². The molecule has 1 rings (SSSR count). The number of sulfonamides is 1. The van der Waals surface area contributed by atoms with E-state index in [1.54, 1.807) is 0 Å². The molecule has 0 atom stereocenters. The summed E-state index contributed by atoms with van der Waals surface area (Å²) in [6, 6.07) is 1.43. The molecular formula is C24H37NO5S. The van der Waals surface area contributed by atoms with Crippen LogP contribution in [0, 0.1) is 0 Å². The SMILES string of the molecule is CCCCCc1cc(O)c(C/C=C(\C)CCC=C(C)C)c(O)c1S(=O)(=O)NCC(C)=O. The van der Waals surface area contributed by atoms with Crippen molar-refractivity contribution in [2.24, 2.45) is 0 Å². The maximum Gasteiger partial charge on any atom is 0.244 e. The largest absolute Gasteiger partial charge is 0.508 e. The van der Waals surface area contributed by atoms with Gasteiger partial charge in [0, 0.05) is 5.56 Å². The second-order valence-corrected chi connectivity index (χ2v) is 9.97. The minimum absolute atomic E-state index is 0.122. The number of rotatable bonds is 13. The lowest BCUT2D eigenvalue weighted by molar-refractivity contribution is -0.115. The minimum atomic E-state index is -4.12. The van der Waals surface area contributed by atoms with Gasteiger partial charge in [0.25, 0.3) is 0 Å². The Labute approximate surface area is 187 Å². The Hall–Kier alpha value is -2.12. The first-order chi connectivity index (χ1) is 14.5. The molecule has 0 aliphatic carbocycles. The van der Waals surface area contributed by atoms with Gasteiger partial charge >= 0.3 is 0 Å². The van der Waals surface area contributed by atoms with Gasteiger partial charge in [0.15, 0.2) is 0 Å². The molecular weight excluding hydrogens is 414 g/mol. The molecule has 0 saturated carbocycles. The predicted molar refractivity (Wildman–Crippen MR) is 125 cm³/mol. The van der Waals surface area contributed by atoms with Crippen molar-refractivity contribution in [2.45, 2.75) is 84.5 Å². The number of carbonyl (C=O) groups is 1. The molecule has 0 radical (unpaired) electrons. The number of phenols is 2. The first-order valence-corrected chi connectivity index (χ1v) is 12.3. The molecule has 0 fully saturated rings. The van der Waals surface area contributed by atoms with Crippen molar-refractivity contribution in [3.63, 3.8) is 0 Å². The molecule has 0 heterocycles. The number of carbonyl (C=O) groups excluding carboxylic acids is 1. The smallest absolute Gasteiger partial charge is 0.244 e. The number of hydrogen-bond acceptors (Lipinski definition) is 5. The van der Waals surface area contributed by atoms with Crippen molar-refractivity contribution in [3.8, 4) is 11.5 Å². The van der Waals surface area contributed by atoms with Crippen molar-refractivity contribution in [1.82, 2.24) is 4.72 Å². The van der Waals surface area contributed by atoms with Crippen LogP contribution in [0.4, 0.5) is 0 Å². The number of nitrogens with one attached hydrogen (secondary N) is 1. The average molecular weight is 452 g/mol. The Morgan fingerprint density at radius 3 is 2.35 bits per heavy atom. The van der Waals surface area contributed by atoms with Gasteiger partial charge in [-0.15, -0.1) is 0 Å². The third-order valence-electron chi connectivity index (χ3n) is 4.99. The van der Waals surface area contributed by atoms with Gasteiger partial charge in [-0.25, -0.2) is 13.1 Å². The Balaban J connectivity index is 3.32. The zero-order valence-electron chi connectivity index (χ0n) is 19.4. The van der Waals surface area contributed by atoms with Gasteiger partial charge in [0.2, 0.25) is 10.0 Å². The number of unbranched alkanes of at least 4 members (excludes halogenated alkanes) is 2. The topological polar surface area (TPSA) is 104 Å². The molecule has 7 heteroatoms. The monoisotopic (exact) mass is 451 g/mol. The third kappa shape index (κ3) is 8.87. The van der Waals surface area contributed by atoms with Crippen LogP contribution in [0.1, 0.15) is 77.8 Å². The summed E-state index contributed by atoms with van der Waals surface area (Å²) in [7, 11) is -4.12. The molecule has 1 aromatic carbocycles. The summed E-state index contributed by atoms with van der Waals surface area (Å²) in [5, 5.41) is 21.4. The van der Waals surface area contributed by atoms with Crippen LogP contribution in [-0.4, -0.2) is 31.0 Å². The lowest BCUT2D eigenvalue weighted by Gasteiger charge is -2.17. The summed E-state index contributed by atoms with van der Waals surface area (Å²) < 4.78 is 28.0. The predicted octanol–water partition coefficient (Wildman–Crippen LogP) is 4.93. The van der Waals surface area contributed by atoms with E-state index in [2.05, 4.69) is 10.8 Å². The Kier molecular flexibility index (Phi) is 11.0. The summed E-state index contributed by atoms with van der Waals surface area (Å²) in [5.74, 6) is -0.900. The van der Waals surface area contributed by atoms with E-state index in [1.807, 2.05) is 33.8 Å². The van der Waals surface area contributed by atoms with E-state index in [0.717, 1.165) is 37.7 Å².